The molecule has 17 heavy (non-hydrogen) atoms. The van der Waals surface area contributed by atoms with Crippen LogP contribution in [0.2, 0.25) is 0 Å². The maximum absolute atomic E-state index is 6.28. The summed E-state index contributed by atoms with van der Waals surface area (Å²) >= 11 is 0. The van der Waals surface area contributed by atoms with Crippen molar-refractivity contribution < 1.29 is 4.74 Å². The van der Waals surface area contributed by atoms with Gasteiger partial charge < -0.3 is 10.1 Å². The zero-order valence-electron chi connectivity index (χ0n) is 10.2. The molecule has 1 aromatic carbocycles. The molecule has 2 nitrogen and oxygen atoms in total. The van der Waals surface area contributed by atoms with Crippen molar-refractivity contribution in [1.82, 2.24) is 5.32 Å². The van der Waals surface area contributed by atoms with E-state index in [1.807, 2.05) is 7.05 Å². The van der Waals surface area contributed by atoms with Gasteiger partial charge in [0.1, 0.15) is 11.4 Å². The fourth-order valence-corrected chi connectivity index (χ4v) is 3.40. The number of hydrogen-bond donors (Lipinski definition) is 1. The predicted molar refractivity (Wildman–Crippen MR) is 72.2 cm³/mol. The lowest BCUT2D eigenvalue weighted by atomic mass is 9.73. The first-order valence-corrected chi connectivity index (χ1v) is 6.28. The summed E-state index contributed by atoms with van der Waals surface area (Å²) in [6.45, 7) is 0.965. The Labute approximate surface area is 109 Å². The monoisotopic (exact) mass is 253 g/mol. The minimum Gasteiger partial charge on any atom is -0.485 e. The Hall–Kier alpha value is -0.730. The zero-order valence-corrected chi connectivity index (χ0v) is 11.1. The van der Waals surface area contributed by atoms with Crippen LogP contribution in [0.1, 0.15) is 37.2 Å². The van der Waals surface area contributed by atoms with Gasteiger partial charge in [-0.1, -0.05) is 24.6 Å². The van der Waals surface area contributed by atoms with E-state index in [2.05, 4.69) is 29.6 Å². The van der Waals surface area contributed by atoms with Gasteiger partial charge in [0.25, 0.3) is 0 Å². The highest BCUT2D eigenvalue weighted by Gasteiger charge is 2.48. The van der Waals surface area contributed by atoms with Crippen molar-refractivity contribution in [2.24, 2.45) is 0 Å². The van der Waals surface area contributed by atoms with Crippen molar-refractivity contribution >= 4 is 12.4 Å². The number of para-hydroxylation sites is 1. The molecule has 3 rings (SSSR count). The molecule has 0 radical (unpaired) electrons. The largest absolute Gasteiger partial charge is 0.485 e. The highest BCUT2D eigenvalue weighted by Crippen LogP contribution is 2.51. The van der Waals surface area contributed by atoms with Crippen molar-refractivity contribution in [3.63, 3.8) is 0 Å². The molecule has 94 valence electrons. The summed E-state index contributed by atoms with van der Waals surface area (Å²) in [5.74, 6) is 1.72. The van der Waals surface area contributed by atoms with E-state index in [-0.39, 0.29) is 18.0 Å². The van der Waals surface area contributed by atoms with Gasteiger partial charge in [-0.25, -0.2) is 0 Å². The number of benzene rings is 1. The minimum atomic E-state index is 0. The molecule has 0 aromatic heterocycles. The normalized spacial score (nSPS) is 29.8. The third kappa shape index (κ3) is 1.94. The quantitative estimate of drug-likeness (QED) is 0.875. The summed E-state index contributed by atoms with van der Waals surface area (Å²) in [4.78, 5) is 0. The lowest BCUT2D eigenvalue weighted by Crippen LogP contribution is -2.48. The van der Waals surface area contributed by atoms with Crippen LogP contribution in [0.25, 0.3) is 0 Å². The van der Waals surface area contributed by atoms with Crippen molar-refractivity contribution in [2.45, 2.75) is 37.2 Å². The summed E-state index contributed by atoms with van der Waals surface area (Å²) in [6, 6.07) is 8.56. The van der Waals surface area contributed by atoms with E-state index in [0.717, 1.165) is 12.3 Å². The van der Waals surface area contributed by atoms with Crippen molar-refractivity contribution in [3.05, 3.63) is 29.8 Å². The van der Waals surface area contributed by atoms with Crippen molar-refractivity contribution in [3.8, 4) is 5.75 Å². The van der Waals surface area contributed by atoms with Crippen LogP contribution in [-0.2, 0) is 0 Å². The molecule has 3 heteroatoms. The van der Waals surface area contributed by atoms with Gasteiger partial charge in [-0.05, 0) is 32.4 Å². The van der Waals surface area contributed by atoms with E-state index in [1.165, 1.54) is 31.2 Å². The predicted octanol–water partition coefficient (Wildman–Crippen LogP) is 3.12. The summed E-state index contributed by atoms with van der Waals surface area (Å²) in [5.41, 5.74) is 1.47. The molecule has 1 aromatic rings. The molecule has 1 heterocycles. The van der Waals surface area contributed by atoms with Gasteiger partial charge in [-0.3, -0.25) is 0 Å². The molecule has 0 amide bonds. The topological polar surface area (TPSA) is 21.3 Å². The second-order valence-electron chi connectivity index (χ2n) is 5.03. The maximum atomic E-state index is 6.28. The van der Waals surface area contributed by atoms with Crippen LogP contribution in [-0.4, -0.2) is 19.2 Å². The maximum Gasteiger partial charge on any atom is 0.128 e. The molecule has 0 bridgehead atoms. The Bertz CT molecular complexity index is 392. The van der Waals surface area contributed by atoms with Crippen LogP contribution in [0, 0.1) is 0 Å². The van der Waals surface area contributed by atoms with Crippen LogP contribution in [0.4, 0.5) is 0 Å². The van der Waals surface area contributed by atoms with Crippen LogP contribution in [0.15, 0.2) is 24.3 Å². The van der Waals surface area contributed by atoms with E-state index in [4.69, 9.17) is 4.74 Å². The summed E-state index contributed by atoms with van der Waals surface area (Å²) in [5, 5.41) is 3.31. The number of nitrogens with one attached hydrogen (secondary N) is 1. The number of likely N-dealkylation sites (N-methyl/N-ethyl adjacent to an activating group) is 1. The third-order valence-corrected chi connectivity index (χ3v) is 4.06. The highest BCUT2D eigenvalue weighted by atomic mass is 35.5. The SMILES string of the molecule is CNCC12CCCCC1c1ccccc1O2.Cl. The first-order chi connectivity index (χ1) is 7.86. The Morgan fingerprint density at radius 2 is 2.18 bits per heavy atom. The molecule has 0 saturated heterocycles. The third-order valence-electron chi connectivity index (χ3n) is 4.06. The van der Waals surface area contributed by atoms with E-state index < -0.39 is 0 Å². The summed E-state index contributed by atoms with van der Waals surface area (Å²) in [7, 11) is 2.02. The number of fused-ring (bicyclic) bond motifs is 3. The van der Waals surface area contributed by atoms with Crippen LogP contribution >= 0.6 is 12.4 Å². The van der Waals surface area contributed by atoms with Gasteiger partial charge in [-0.15, -0.1) is 12.4 Å². The molecule has 1 N–H and O–H groups in total. The molecular weight excluding hydrogens is 234 g/mol. The summed E-state index contributed by atoms with van der Waals surface area (Å²) in [6.07, 6.45) is 5.10. The van der Waals surface area contributed by atoms with E-state index >= 15 is 0 Å². The van der Waals surface area contributed by atoms with Gasteiger partial charge in [0.15, 0.2) is 0 Å². The molecule has 1 saturated carbocycles. The highest BCUT2D eigenvalue weighted by molar-refractivity contribution is 5.85. The zero-order chi connectivity index (χ0) is 11.0. The van der Waals surface area contributed by atoms with Crippen LogP contribution in [0.5, 0.6) is 5.75 Å². The average Bonchev–Trinajstić information content (AvgIpc) is 2.63. The number of hydrogen-bond acceptors (Lipinski definition) is 2. The average molecular weight is 254 g/mol. The van der Waals surface area contributed by atoms with Gasteiger partial charge in [-0.2, -0.15) is 0 Å². The number of rotatable bonds is 2. The minimum absolute atomic E-state index is 0. The Balaban J connectivity index is 0.00000108. The molecule has 1 fully saturated rings. The smallest absolute Gasteiger partial charge is 0.128 e. The number of halogens is 1. The van der Waals surface area contributed by atoms with E-state index in [9.17, 15) is 0 Å². The lowest BCUT2D eigenvalue weighted by Gasteiger charge is -2.38. The van der Waals surface area contributed by atoms with E-state index in [1.54, 1.807) is 0 Å². The van der Waals surface area contributed by atoms with E-state index in [0.29, 0.717) is 5.92 Å². The van der Waals surface area contributed by atoms with Gasteiger partial charge in [0.2, 0.25) is 0 Å². The Kier molecular flexibility index (Phi) is 3.64. The van der Waals surface area contributed by atoms with Gasteiger partial charge in [0.05, 0.1) is 0 Å². The molecule has 1 aliphatic heterocycles. The first kappa shape index (κ1) is 12.7. The molecule has 2 atom stereocenters. The second kappa shape index (κ2) is 4.87. The fraction of sp³-hybridized carbons (Fsp3) is 0.571. The molecule has 0 spiro atoms. The Morgan fingerprint density at radius 3 is 3.00 bits per heavy atom. The van der Waals surface area contributed by atoms with Crippen LogP contribution in [0.3, 0.4) is 0 Å². The standard InChI is InChI=1S/C14H19NO.ClH/c1-15-10-14-9-5-4-7-12(14)11-6-2-3-8-13(11)16-14;/h2-3,6,8,12,15H,4-5,7,9-10H2,1H3;1H. The van der Waals surface area contributed by atoms with Crippen molar-refractivity contribution in [1.29, 1.82) is 0 Å². The number of ether oxygens (including phenoxy) is 1. The Morgan fingerprint density at radius 1 is 1.35 bits per heavy atom. The van der Waals surface area contributed by atoms with Gasteiger partial charge in [0, 0.05) is 18.0 Å². The van der Waals surface area contributed by atoms with Gasteiger partial charge >= 0.3 is 0 Å². The van der Waals surface area contributed by atoms with Crippen molar-refractivity contribution in [2.75, 3.05) is 13.6 Å². The van der Waals surface area contributed by atoms with Crippen LogP contribution < -0.4 is 10.1 Å². The molecular formula is C14H20ClNO. The first-order valence-electron chi connectivity index (χ1n) is 6.28. The molecule has 2 unspecified atom stereocenters. The fourth-order valence-electron chi connectivity index (χ4n) is 3.40. The summed E-state index contributed by atoms with van der Waals surface area (Å²) < 4.78 is 6.28. The second-order valence-corrected chi connectivity index (χ2v) is 5.03. The molecule has 1 aliphatic carbocycles. The lowest BCUT2D eigenvalue weighted by molar-refractivity contribution is 0.0378. The molecule has 2 aliphatic rings.